The largest absolute Gasteiger partial charge is 0.438 e. The average Bonchev–Trinajstić information content (AvgIpc) is 2.04. The van der Waals surface area contributed by atoms with E-state index in [0.717, 1.165) is 25.9 Å². The zero-order valence-corrected chi connectivity index (χ0v) is 9.79. The van der Waals surface area contributed by atoms with Crippen molar-refractivity contribution in [2.75, 3.05) is 6.61 Å². The number of esters is 1. The molecule has 0 aliphatic carbocycles. The van der Waals surface area contributed by atoms with Gasteiger partial charge < -0.3 is 9.47 Å². The molecule has 3 nitrogen and oxygen atoms in total. The highest BCUT2D eigenvalue weighted by molar-refractivity contribution is 6.58. The first-order valence-corrected chi connectivity index (χ1v) is 7.79. The van der Waals surface area contributed by atoms with Crippen LogP contribution < -0.4 is 0 Å². The summed E-state index contributed by atoms with van der Waals surface area (Å²) < 4.78 is 11.0. The lowest BCUT2D eigenvalue weighted by molar-refractivity contribution is -0.206. The van der Waals surface area contributed by atoms with E-state index in [4.69, 9.17) is 9.47 Å². The highest BCUT2D eigenvalue weighted by atomic mass is 28.3. The molecule has 0 aromatic rings. The maximum Gasteiger partial charge on any atom is 0.304 e. The predicted molar refractivity (Wildman–Crippen MR) is 53.2 cm³/mol. The van der Waals surface area contributed by atoms with E-state index >= 15 is 0 Å². The third-order valence-corrected chi connectivity index (χ3v) is 4.79. The molecule has 0 amide bonds. The van der Waals surface area contributed by atoms with Crippen molar-refractivity contribution >= 4 is 14.8 Å². The predicted octanol–water partition coefficient (Wildman–Crippen LogP) is 1.47. The first kappa shape index (κ1) is 10.7. The second-order valence-electron chi connectivity index (χ2n) is 3.87. The van der Waals surface area contributed by atoms with Crippen LogP contribution >= 0.6 is 0 Å². The van der Waals surface area contributed by atoms with E-state index in [2.05, 4.69) is 13.1 Å². The Morgan fingerprint density at radius 2 is 2.15 bits per heavy atom. The van der Waals surface area contributed by atoms with Crippen LogP contribution in [0.4, 0.5) is 0 Å². The molecular formula is C9H18O3Si. The van der Waals surface area contributed by atoms with Gasteiger partial charge in [-0.15, -0.1) is 0 Å². The van der Waals surface area contributed by atoms with Crippen LogP contribution in [-0.4, -0.2) is 26.8 Å². The van der Waals surface area contributed by atoms with E-state index in [1.807, 2.05) is 0 Å². The molecule has 0 radical (unpaired) electrons. The first-order valence-electron chi connectivity index (χ1n) is 4.90. The Labute approximate surface area is 81.0 Å². The summed E-state index contributed by atoms with van der Waals surface area (Å²) in [6, 6.07) is 0. The number of hydrogen-bond acceptors (Lipinski definition) is 3. The molecule has 1 rings (SSSR count). The molecule has 0 aromatic heterocycles. The molecule has 1 fully saturated rings. The van der Waals surface area contributed by atoms with Crippen molar-refractivity contribution in [3.8, 4) is 0 Å². The summed E-state index contributed by atoms with van der Waals surface area (Å²) in [5.74, 6) is -0.219. The van der Waals surface area contributed by atoms with Gasteiger partial charge in [-0.25, -0.2) is 0 Å². The third kappa shape index (κ3) is 2.54. The number of carbonyl (C=O) groups is 1. The number of carbonyl (C=O) groups excluding carboxylic acids is 1. The molecule has 0 N–H and O–H groups in total. The van der Waals surface area contributed by atoms with Gasteiger partial charge in [0.1, 0.15) is 8.80 Å². The lowest BCUT2D eigenvalue weighted by atomic mass is 10.2. The van der Waals surface area contributed by atoms with Crippen LogP contribution in [0.1, 0.15) is 26.2 Å². The van der Waals surface area contributed by atoms with Gasteiger partial charge >= 0.3 is 5.97 Å². The van der Waals surface area contributed by atoms with Crippen molar-refractivity contribution in [1.82, 2.24) is 0 Å². The van der Waals surface area contributed by atoms with E-state index in [-0.39, 0.29) is 5.97 Å². The number of rotatable bonds is 2. The minimum absolute atomic E-state index is 0.219. The second-order valence-corrected chi connectivity index (χ2v) is 7.05. The van der Waals surface area contributed by atoms with Crippen LogP contribution in [0.2, 0.25) is 13.1 Å². The van der Waals surface area contributed by atoms with Gasteiger partial charge in [-0.3, -0.25) is 4.79 Å². The zero-order chi connectivity index (χ0) is 9.90. The van der Waals surface area contributed by atoms with E-state index in [1.54, 1.807) is 0 Å². The Kier molecular flexibility index (Phi) is 3.50. The quantitative estimate of drug-likeness (QED) is 0.502. The van der Waals surface area contributed by atoms with Gasteiger partial charge in [-0.2, -0.15) is 0 Å². The lowest BCUT2D eigenvalue weighted by Crippen LogP contribution is -2.50. The Balaban J connectivity index is 2.67. The molecule has 1 heterocycles. The Morgan fingerprint density at radius 3 is 2.54 bits per heavy atom. The van der Waals surface area contributed by atoms with Crippen molar-refractivity contribution in [2.45, 2.75) is 44.7 Å². The summed E-state index contributed by atoms with van der Waals surface area (Å²) in [4.78, 5) is 10.9. The van der Waals surface area contributed by atoms with Crippen molar-refractivity contribution in [3.63, 3.8) is 0 Å². The van der Waals surface area contributed by atoms with Gasteiger partial charge in [0.25, 0.3) is 0 Å². The normalized spacial score (nSPS) is 28.9. The van der Waals surface area contributed by atoms with E-state index in [9.17, 15) is 4.79 Å². The molecule has 0 saturated carbocycles. The summed E-state index contributed by atoms with van der Waals surface area (Å²) in [6.45, 7) is 6.51. The van der Waals surface area contributed by atoms with Gasteiger partial charge in [0.2, 0.25) is 0 Å². The maximum absolute atomic E-state index is 10.9. The van der Waals surface area contributed by atoms with Crippen LogP contribution in [-0.2, 0) is 14.3 Å². The molecule has 1 atom stereocenters. The summed E-state index contributed by atoms with van der Waals surface area (Å²) in [5, 5.41) is 0. The molecule has 1 unspecified atom stereocenters. The monoisotopic (exact) mass is 202 g/mol. The van der Waals surface area contributed by atoms with Crippen molar-refractivity contribution in [2.24, 2.45) is 0 Å². The van der Waals surface area contributed by atoms with Crippen LogP contribution in [0.25, 0.3) is 0 Å². The smallest absolute Gasteiger partial charge is 0.304 e. The Hall–Kier alpha value is -0.353. The van der Waals surface area contributed by atoms with Crippen molar-refractivity contribution in [1.29, 1.82) is 0 Å². The van der Waals surface area contributed by atoms with Crippen molar-refractivity contribution in [3.05, 3.63) is 0 Å². The number of ether oxygens (including phenoxy) is 2. The fourth-order valence-electron chi connectivity index (χ4n) is 1.69. The van der Waals surface area contributed by atoms with Crippen molar-refractivity contribution < 1.29 is 14.3 Å². The van der Waals surface area contributed by atoms with Crippen LogP contribution in [0.15, 0.2) is 0 Å². The molecule has 1 saturated heterocycles. The summed E-state index contributed by atoms with van der Waals surface area (Å²) in [7, 11) is -1.11. The highest BCUT2D eigenvalue weighted by Crippen LogP contribution is 2.29. The number of hydrogen-bond donors (Lipinski definition) is 0. The highest BCUT2D eigenvalue weighted by Gasteiger charge is 2.40. The van der Waals surface area contributed by atoms with Crippen LogP contribution in [0.3, 0.4) is 0 Å². The third-order valence-electron chi connectivity index (χ3n) is 2.46. The Morgan fingerprint density at radius 1 is 1.46 bits per heavy atom. The average molecular weight is 202 g/mol. The van der Waals surface area contributed by atoms with E-state index in [0.29, 0.717) is 0 Å². The van der Waals surface area contributed by atoms with Crippen LogP contribution in [0, 0.1) is 0 Å². The maximum atomic E-state index is 10.9. The summed E-state index contributed by atoms with van der Waals surface area (Å²) in [5.41, 5.74) is -0.510. The molecule has 1 aliphatic rings. The fourth-order valence-corrected chi connectivity index (χ4v) is 3.32. The van der Waals surface area contributed by atoms with Gasteiger partial charge in [0.05, 0.1) is 6.61 Å². The lowest BCUT2D eigenvalue weighted by Gasteiger charge is -2.39. The molecule has 4 heteroatoms. The molecular weight excluding hydrogens is 184 g/mol. The van der Waals surface area contributed by atoms with Crippen LogP contribution in [0.5, 0.6) is 0 Å². The minimum atomic E-state index is -1.11. The molecule has 76 valence electrons. The molecule has 0 spiro atoms. The van der Waals surface area contributed by atoms with E-state index in [1.165, 1.54) is 6.92 Å². The first-order chi connectivity index (χ1) is 6.07. The van der Waals surface area contributed by atoms with E-state index < -0.39 is 14.2 Å². The SMILES string of the molecule is CC(=O)OC1([SiH](C)C)CCCCO1. The second kappa shape index (κ2) is 4.24. The summed E-state index contributed by atoms with van der Waals surface area (Å²) >= 11 is 0. The topological polar surface area (TPSA) is 35.5 Å². The molecule has 13 heavy (non-hydrogen) atoms. The van der Waals surface area contributed by atoms with Gasteiger partial charge in [-0.05, 0) is 12.8 Å². The zero-order valence-electron chi connectivity index (χ0n) is 8.63. The summed E-state index contributed by atoms with van der Waals surface area (Å²) in [6.07, 6.45) is 3.08. The fraction of sp³-hybridized carbons (Fsp3) is 0.889. The van der Waals surface area contributed by atoms with Gasteiger partial charge in [0, 0.05) is 13.3 Å². The molecule has 0 bridgehead atoms. The molecule has 1 aliphatic heterocycles. The van der Waals surface area contributed by atoms with Gasteiger partial charge in [0.15, 0.2) is 5.41 Å². The standard InChI is InChI=1S/C9H18O3Si/c1-8(10)12-9(13(2)3)6-4-5-7-11-9/h13H,4-7H2,1-3H3. The minimum Gasteiger partial charge on any atom is -0.438 e. The Bertz CT molecular complexity index is 185. The van der Waals surface area contributed by atoms with Gasteiger partial charge in [-0.1, -0.05) is 13.1 Å². The molecule has 0 aromatic carbocycles.